The van der Waals surface area contributed by atoms with E-state index in [1.54, 1.807) is 0 Å². The maximum Gasteiger partial charge on any atom is 0.0962 e. The first kappa shape index (κ1) is 12.7. The Balaban J connectivity index is 1.61. The third-order valence-electron chi connectivity index (χ3n) is 3.65. The summed E-state index contributed by atoms with van der Waals surface area (Å²) < 4.78 is 2.08. The lowest BCUT2D eigenvalue weighted by Gasteiger charge is -2.04. The number of hydrogen-bond donors (Lipinski definition) is 0. The van der Waals surface area contributed by atoms with Crippen LogP contribution in [0.1, 0.15) is 5.69 Å². The molecule has 0 saturated carbocycles. The average molecular weight is 286 g/mol. The highest BCUT2D eigenvalue weighted by Gasteiger charge is 2.05. The fraction of sp³-hybridized carbons (Fsp3) is 0.0556. The van der Waals surface area contributed by atoms with Crippen molar-refractivity contribution in [3.8, 4) is 11.3 Å². The van der Waals surface area contributed by atoms with Crippen molar-refractivity contribution in [2.24, 2.45) is 0 Å². The molecule has 0 aliphatic carbocycles. The lowest BCUT2D eigenvalue weighted by molar-refractivity contribution is 0.774. The first-order valence-electron chi connectivity index (χ1n) is 7.18. The largest absolute Gasteiger partial charge is 0.324 e. The van der Waals surface area contributed by atoms with Crippen molar-refractivity contribution in [1.82, 2.24) is 19.7 Å². The van der Waals surface area contributed by atoms with Crippen molar-refractivity contribution >= 4 is 11.0 Å². The number of fused-ring (bicyclic) bond motifs is 1. The summed E-state index contributed by atoms with van der Waals surface area (Å²) in [6, 6.07) is 22.2. The molecular weight excluding hydrogens is 272 g/mol. The zero-order valence-electron chi connectivity index (χ0n) is 11.9. The fourth-order valence-corrected chi connectivity index (χ4v) is 2.52. The van der Waals surface area contributed by atoms with Crippen LogP contribution < -0.4 is 0 Å². The Kier molecular flexibility index (Phi) is 3.12. The van der Waals surface area contributed by atoms with E-state index in [1.165, 1.54) is 0 Å². The summed E-state index contributed by atoms with van der Waals surface area (Å²) >= 11 is 0. The molecular formula is C18H14N4. The van der Waals surface area contributed by atoms with E-state index in [2.05, 4.69) is 25.8 Å². The molecule has 0 bridgehead atoms. The molecule has 0 atom stereocenters. The van der Waals surface area contributed by atoms with Crippen LogP contribution in [0.4, 0.5) is 0 Å². The molecule has 0 radical (unpaired) electrons. The first-order valence-corrected chi connectivity index (χ1v) is 7.18. The summed E-state index contributed by atoms with van der Waals surface area (Å²) in [5, 5.41) is 8.66. The maximum absolute atomic E-state index is 4.39. The molecule has 4 aromatic rings. The van der Waals surface area contributed by atoms with E-state index in [9.17, 15) is 0 Å². The zero-order valence-corrected chi connectivity index (χ0v) is 11.9. The SMILES string of the molecule is c1ccc(-c2ccc(Cn3cnc4ccccc43)nn2)cc1. The number of imidazole rings is 1. The van der Waals surface area contributed by atoms with Gasteiger partial charge in [0, 0.05) is 5.56 Å². The Morgan fingerprint density at radius 1 is 0.773 bits per heavy atom. The van der Waals surface area contributed by atoms with Gasteiger partial charge in [0.2, 0.25) is 0 Å². The Labute approximate surface area is 128 Å². The van der Waals surface area contributed by atoms with Gasteiger partial charge in [0.25, 0.3) is 0 Å². The van der Waals surface area contributed by atoms with Crippen molar-refractivity contribution in [2.45, 2.75) is 6.54 Å². The van der Waals surface area contributed by atoms with E-state index in [-0.39, 0.29) is 0 Å². The van der Waals surface area contributed by atoms with Crippen LogP contribution in [-0.4, -0.2) is 19.7 Å². The van der Waals surface area contributed by atoms with Gasteiger partial charge < -0.3 is 4.57 Å². The fourth-order valence-electron chi connectivity index (χ4n) is 2.52. The quantitative estimate of drug-likeness (QED) is 0.578. The van der Waals surface area contributed by atoms with Gasteiger partial charge in [-0.2, -0.15) is 10.2 Å². The second-order valence-corrected chi connectivity index (χ2v) is 5.14. The van der Waals surface area contributed by atoms with Gasteiger partial charge in [-0.1, -0.05) is 42.5 Å². The highest BCUT2D eigenvalue weighted by molar-refractivity contribution is 5.75. The van der Waals surface area contributed by atoms with Crippen LogP contribution >= 0.6 is 0 Å². The molecule has 2 aromatic heterocycles. The summed E-state index contributed by atoms with van der Waals surface area (Å²) in [6.45, 7) is 0.669. The van der Waals surface area contributed by atoms with Gasteiger partial charge in [-0.25, -0.2) is 4.98 Å². The third-order valence-corrected chi connectivity index (χ3v) is 3.65. The van der Waals surface area contributed by atoms with Crippen LogP contribution in [0.5, 0.6) is 0 Å². The van der Waals surface area contributed by atoms with E-state index < -0.39 is 0 Å². The topological polar surface area (TPSA) is 43.6 Å². The number of rotatable bonds is 3. The monoisotopic (exact) mass is 286 g/mol. The highest BCUT2D eigenvalue weighted by atomic mass is 15.1. The predicted molar refractivity (Wildman–Crippen MR) is 86.3 cm³/mol. The van der Waals surface area contributed by atoms with Crippen LogP contribution in [0.25, 0.3) is 22.3 Å². The summed E-state index contributed by atoms with van der Waals surface area (Å²) in [5.41, 5.74) is 4.99. The molecule has 0 spiro atoms. The van der Waals surface area contributed by atoms with Gasteiger partial charge in [-0.05, 0) is 24.3 Å². The highest BCUT2D eigenvalue weighted by Crippen LogP contribution is 2.16. The summed E-state index contributed by atoms with van der Waals surface area (Å²) in [7, 11) is 0. The Morgan fingerprint density at radius 3 is 2.41 bits per heavy atom. The van der Waals surface area contributed by atoms with Crippen molar-refractivity contribution in [3.63, 3.8) is 0 Å². The number of para-hydroxylation sites is 2. The van der Waals surface area contributed by atoms with E-state index in [0.717, 1.165) is 28.0 Å². The molecule has 0 unspecified atom stereocenters. The molecule has 2 heterocycles. The summed E-state index contributed by atoms with van der Waals surface area (Å²) in [4.78, 5) is 4.39. The van der Waals surface area contributed by atoms with Gasteiger partial charge >= 0.3 is 0 Å². The van der Waals surface area contributed by atoms with Crippen LogP contribution in [0, 0.1) is 0 Å². The summed E-state index contributed by atoms with van der Waals surface area (Å²) in [5.74, 6) is 0. The number of hydrogen-bond acceptors (Lipinski definition) is 3. The normalized spacial score (nSPS) is 10.9. The molecule has 0 fully saturated rings. The van der Waals surface area contributed by atoms with Crippen LogP contribution in [0.3, 0.4) is 0 Å². The Bertz CT molecular complexity index is 895. The number of benzene rings is 2. The predicted octanol–water partition coefficient (Wildman–Crippen LogP) is 3.54. The minimum Gasteiger partial charge on any atom is -0.324 e. The molecule has 4 rings (SSSR count). The molecule has 0 amide bonds. The van der Waals surface area contributed by atoms with Crippen LogP contribution in [-0.2, 0) is 6.54 Å². The first-order chi connectivity index (χ1) is 10.9. The number of aromatic nitrogens is 4. The van der Waals surface area contributed by atoms with Crippen molar-refractivity contribution in [3.05, 3.63) is 78.8 Å². The smallest absolute Gasteiger partial charge is 0.0962 e. The van der Waals surface area contributed by atoms with Crippen molar-refractivity contribution in [1.29, 1.82) is 0 Å². The van der Waals surface area contributed by atoms with Crippen LogP contribution in [0.2, 0.25) is 0 Å². The Morgan fingerprint density at radius 2 is 1.59 bits per heavy atom. The van der Waals surface area contributed by atoms with Gasteiger partial charge in [0.1, 0.15) is 0 Å². The van der Waals surface area contributed by atoms with E-state index >= 15 is 0 Å². The molecule has 4 nitrogen and oxygen atoms in total. The second-order valence-electron chi connectivity index (χ2n) is 5.14. The van der Waals surface area contributed by atoms with Gasteiger partial charge in [0.15, 0.2) is 0 Å². The Hall–Kier alpha value is -3.01. The molecule has 0 saturated heterocycles. The molecule has 0 aliphatic heterocycles. The molecule has 4 heteroatoms. The van der Waals surface area contributed by atoms with E-state index in [4.69, 9.17) is 0 Å². The van der Waals surface area contributed by atoms with Crippen molar-refractivity contribution < 1.29 is 0 Å². The maximum atomic E-state index is 4.39. The lowest BCUT2D eigenvalue weighted by Crippen LogP contribution is -2.02. The van der Waals surface area contributed by atoms with Crippen molar-refractivity contribution in [2.75, 3.05) is 0 Å². The molecule has 106 valence electrons. The zero-order chi connectivity index (χ0) is 14.8. The standard InChI is InChI=1S/C18H14N4/c1-2-6-14(7-3-1)16-11-10-15(20-21-16)12-22-13-19-17-8-4-5-9-18(17)22/h1-11,13H,12H2. The molecule has 0 aliphatic rings. The van der Waals surface area contributed by atoms with Gasteiger partial charge in [0.05, 0.1) is 35.3 Å². The second kappa shape index (κ2) is 5.41. The minimum absolute atomic E-state index is 0.669. The lowest BCUT2D eigenvalue weighted by atomic mass is 10.1. The van der Waals surface area contributed by atoms with Gasteiger partial charge in [-0.3, -0.25) is 0 Å². The summed E-state index contributed by atoms with van der Waals surface area (Å²) in [6.07, 6.45) is 1.84. The van der Waals surface area contributed by atoms with E-state index in [0.29, 0.717) is 6.54 Å². The third kappa shape index (κ3) is 2.35. The molecule has 0 N–H and O–H groups in total. The minimum atomic E-state index is 0.669. The molecule has 22 heavy (non-hydrogen) atoms. The van der Waals surface area contributed by atoms with Crippen LogP contribution in [0.15, 0.2) is 73.1 Å². The number of nitrogens with zero attached hydrogens (tertiary/aromatic N) is 4. The average Bonchev–Trinajstić information content (AvgIpc) is 3.00. The van der Waals surface area contributed by atoms with Gasteiger partial charge in [-0.15, -0.1) is 0 Å². The molecule has 2 aromatic carbocycles. The van der Waals surface area contributed by atoms with E-state index in [1.807, 2.05) is 67.0 Å².